The number of benzene rings is 1. The van der Waals surface area contributed by atoms with Gasteiger partial charge in [0, 0.05) is 12.0 Å². The number of hydrogen-bond donors (Lipinski definition) is 0. The Bertz CT molecular complexity index is 429. The van der Waals surface area contributed by atoms with Crippen LogP contribution in [0.4, 0.5) is 0 Å². The zero-order chi connectivity index (χ0) is 12.0. The molecular formula is C12H11NO3. The number of nitriles is 1. The molecule has 1 aromatic carbocycles. The van der Waals surface area contributed by atoms with Crippen LogP contribution in [0.2, 0.25) is 0 Å². The van der Waals surface area contributed by atoms with Gasteiger partial charge >= 0.3 is 5.97 Å². The highest BCUT2D eigenvalue weighted by atomic mass is 16.5. The van der Waals surface area contributed by atoms with Gasteiger partial charge in [0.05, 0.1) is 11.6 Å². The number of nitrogens with zero attached hydrogens (tertiary/aromatic N) is 1. The molecule has 0 spiro atoms. The first kappa shape index (κ1) is 11.9. The Morgan fingerprint density at radius 3 is 2.44 bits per heavy atom. The molecule has 0 atom stereocenters. The number of hydrogen-bond acceptors (Lipinski definition) is 4. The van der Waals surface area contributed by atoms with Crippen molar-refractivity contribution in [3.05, 3.63) is 35.4 Å². The Morgan fingerprint density at radius 1 is 1.31 bits per heavy atom. The van der Waals surface area contributed by atoms with Crippen LogP contribution >= 0.6 is 0 Å². The lowest BCUT2D eigenvalue weighted by Crippen LogP contribution is -2.13. The fourth-order valence-electron chi connectivity index (χ4n) is 1.06. The van der Waals surface area contributed by atoms with Gasteiger partial charge in [0.15, 0.2) is 12.4 Å². The zero-order valence-corrected chi connectivity index (χ0v) is 8.90. The van der Waals surface area contributed by atoms with Gasteiger partial charge in [-0.25, -0.2) is 0 Å². The van der Waals surface area contributed by atoms with E-state index in [2.05, 4.69) is 0 Å². The maximum atomic E-state index is 11.5. The van der Waals surface area contributed by atoms with Crippen molar-refractivity contribution in [2.75, 3.05) is 6.61 Å². The molecule has 82 valence electrons. The first-order valence-corrected chi connectivity index (χ1v) is 4.86. The minimum Gasteiger partial charge on any atom is -0.457 e. The maximum Gasteiger partial charge on any atom is 0.305 e. The summed E-state index contributed by atoms with van der Waals surface area (Å²) in [6, 6.07) is 8.14. The van der Waals surface area contributed by atoms with Gasteiger partial charge < -0.3 is 4.74 Å². The Hall–Kier alpha value is -2.15. The summed E-state index contributed by atoms with van der Waals surface area (Å²) in [5, 5.41) is 8.57. The van der Waals surface area contributed by atoms with Gasteiger partial charge in [-0.2, -0.15) is 5.26 Å². The summed E-state index contributed by atoms with van der Waals surface area (Å²) in [4.78, 5) is 22.3. The molecule has 16 heavy (non-hydrogen) atoms. The van der Waals surface area contributed by atoms with E-state index < -0.39 is 5.97 Å². The van der Waals surface area contributed by atoms with E-state index in [0.29, 0.717) is 11.1 Å². The van der Waals surface area contributed by atoms with Crippen molar-refractivity contribution >= 4 is 11.8 Å². The minimum atomic E-state index is -0.401. The molecule has 0 fully saturated rings. The lowest BCUT2D eigenvalue weighted by atomic mass is 10.1. The lowest BCUT2D eigenvalue weighted by Gasteiger charge is -2.02. The fourth-order valence-corrected chi connectivity index (χ4v) is 1.06. The molecule has 0 aliphatic heterocycles. The van der Waals surface area contributed by atoms with E-state index in [-0.39, 0.29) is 18.8 Å². The summed E-state index contributed by atoms with van der Waals surface area (Å²) in [5.74, 6) is -0.673. The van der Waals surface area contributed by atoms with Crippen molar-refractivity contribution in [3.63, 3.8) is 0 Å². The summed E-state index contributed by atoms with van der Waals surface area (Å²) in [5.41, 5.74) is 0.921. The Morgan fingerprint density at radius 2 is 1.94 bits per heavy atom. The summed E-state index contributed by atoms with van der Waals surface area (Å²) in [6.07, 6.45) is 0.251. The molecular weight excluding hydrogens is 206 g/mol. The molecule has 0 unspecified atom stereocenters. The second-order valence-corrected chi connectivity index (χ2v) is 3.13. The first-order valence-electron chi connectivity index (χ1n) is 4.86. The van der Waals surface area contributed by atoms with Gasteiger partial charge in [-0.05, 0) is 24.3 Å². The molecule has 1 aromatic rings. The molecule has 0 amide bonds. The number of rotatable bonds is 4. The molecule has 0 N–H and O–H groups in total. The molecule has 0 saturated carbocycles. The third-order valence-electron chi connectivity index (χ3n) is 1.99. The topological polar surface area (TPSA) is 67.2 Å². The number of ether oxygens (including phenoxy) is 1. The molecule has 1 rings (SSSR count). The van der Waals surface area contributed by atoms with Gasteiger partial charge in [-0.15, -0.1) is 0 Å². The third-order valence-corrected chi connectivity index (χ3v) is 1.99. The van der Waals surface area contributed by atoms with Crippen LogP contribution in [0, 0.1) is 11.3 Å². The summed E-state index contributed by atoms with van der Waals surface area (Å²) < 4.78 is 4.71. The highest BCUT2D eigenvalue weighted by Gasteiger charge is 2.08. The van der Waals surface area contributed by atoms with Crippen molar-refractivity contribution in [2.24, 2.45) is 0 Å². The van der Waals surface area contributed by atoms with Crippen molar-refractivity contribution < 1.29 is 14.3 Å². The molecule has 4 heteroatoms. The molecule has 0 aliphatic rings. The van der Waals surface area contributed by atoms with Crippen LogP contribution in [-0.2, 0) is 9.53 Å². The second kappa shape index (κ2) is 5.66. The standard InChI is InChI=1S/C12H11NO3/c1-2-12(15)16-8-11(14)10-5-3-9(7-13)4-6-10/h3-6H,2,8H2,1H3. The molecule has 0 radical (unpaired) electrons. The van der Waals surface area contributed by atoms with Crippen LogP contribution in [0.25, 0.3) is 0 Å². The van der Waals surface area contributed by atoms with Crippen LogP contribution in [-0.4, -0.2) is 18.4 Å². The van der Waals surface area contributed by atoms with Crippen LogP contribution in [0.3, 0.4) is 0 Å². The van der Waals surface area contributed by atoms with E-state index >= 15 is 0 Å². The number of ketones is 1. The van der Waals surface area contributed by atoms with Crippen LogP contribution in [0.5, 0.6) is 0 Å². The Labute approximate surface area is 93.5 Å². The van der Waals surface area contributed by atoms with Gasteiger partial charge in [0.1, 0.15) is 0 Å². The molecule has 4 nitrogen and oxygen atoms in total. The lowest BCUT2D eigenvalue weighted by molar-refractivity contribution is -0.142. The van der Waals surface area contributed by atoms with Gasteiger partial charge in [-0.3, -0.25) is 9.59 Å². The third kappa shape index (κ3) is 3.21. The van der Waals surface area contributed by atoms with Gasteiger partial charge in [-0.1, -0.05) is 6.92 Å². The van der Waals surface area contributed by atoms with Crippen LogP contribution in [0.15, 0.2) is 24.3 Å². The van der Waals surface area contributed by atoms with E-state index in [1.165, 1.54) is 0 Å². The van der Waals surface area contributed by atoms with Crippen LogP contribution in [0.1, 0.15) is 29.3 Å². The Balaban J connectivity index is 2.60. The fraction of sp³-hybridized carbons (Fsp3) is 0.250. The highest BCUT2D eigenvalue weighted by molar-refractivity contribution is 5.97. The van der Waals surface area contributed by atoms with E-state index in [1.54, 1.807) is 31.2 Å². The smallest absolute Gasteiger partial charge is 0.305 e. The van der Waals surface area contributed by atoms with Crippen molar-refractivity contribution in [1.82, 2.24) is 0 Å². The largest absolute Gasteiger partial charge is 0.457 e. The average molecular weight is 217 g/mol. The monoisotopic (exact) mass is 217 g/mol. The van der Waals surface area contributed by atoms with E-state index in [9.17, 15) is 9.59 Å². The summed E-state index contributed by atoms with van der Waals surface area (Å²) in [7, 11) is 0. The predicted octanol–water partition coefficient (Wildman–Crippen LogP) is 1.69. The number of esters is 1. The molecule has 0 bridgehead atoms. The minimum absolute atomic E-state index is 0.251. The van der Waals surface area contributed by atoms with E-state index in [0.717, 1.165) is 0 Å². The molecule has 0 aliphatic carbocycles. The zero-order valence-electron chi connectivity index (χ0n) is 8.90. The van der Waals surface area contributed by atoms with Gasteiger partial charge in [0.25, 0.3) is 0 Å². The number of carbonyl (C=O) groups is 2. The first-order chi connectivity index (χ1) is 7.67. The van der Waals surface area contributed by atoms with Gasteiger partial charge in [0.2, 0.25) is 0 Å². The maximum absolute atomic E-state index is 11.5. The van der Waals surface area contributed by atoms with E-state index in [4.69, 9.17) is 10.00 Å². The summed E-state index contributed by atoms with van der Waals surface area (Å²) >= 11 is 0. The Kier molecular flexibility index (Phi) is 4.22. The molecule has 0 saturated heterocycles. The SMILES string of the molecule is CCC(=O)OCC(=O)c1ccc(C#N)cc1. The average Bonchev–Trinajstić information content (AvgIpc) is 2.35. The highest BCUT2D eigenvalue weighted by Crippen LogP contribution is 2.04. The second-order valence-electron chi connectivity index (χ2n) is 3.13. The predicted molar refractivity (Wildman–Crippen MR) is 56.7 cm³/mol. The molecule has 0 heterocycles. The molecule has 0 aromatic heterocycles. The number of Topliss-reactive ketones (excluding diaryl/α,β-unsaturated/α-hetero) is 1. The quantitative estimate of drug-likeness (QED) is 0.568. The van der Waals surface area contributed by atoms with Crippen LogP contribution < -0.4 is 0 Å². The van der Waals surface area contributed by atoms with E-state index in [1.807, 2.05) is 6.07 Å². The van der Waals surface area contributed by atoms with Crippen molar-refractivity contribution in [3.8, 4) is 6.07 Å². The summed E-state index contributed by atoms with van der Waals surface area (Å²) in [6.45, 7) is 1.41. The van der Waals surface area contributed by atoms with Crippen molar-refractivity contribution in [2.45, 2.75) is 13.3 Å². The van der Waals surface area contributed by atoms with Crippen molar-refractivity contribution in [1.29, 1.82) is 5.26 Å². The number of carbonyl (C=O) groups excluding carboxylic acids is 2. The normalized spacial score (nSPS) is 9.25.